The molecular weight excluding hydrogens is 242 g/mol. The summed E-state index contributed by atoms with van der Waals surface area (Å²) in [6.45, 7) is 2.71. The summed E-state index contributed by atoms with van der Waals surface area (Å²) in [6.07, 6.45) is 4.21. The summed E-state index contributed by atoms with van der Waals surface area (Å²) in [6, 6.07) is 0. The van der Waals surface area contributed by atoms with Gasteiger partial charge in [0.2, 0.25) is 0 Å². The van der Waals surface area contributed by atoms with Crippen molar-refractivity contribution < 1.29 is 4.74 Å². The molecule has 0 unspecified atom stereocenters. The summed E-state index contributed by atoms with van der Waals surface area (Å²) in [5.74, 6) is 0.976. The maximum Gasteiger partial charge on any atom is 0.127 e. The molecule has 4 nitrogen and oxygen atoms in total. The molecule has 1 aromatic heterocycles. The zero-order valence-corrected chi connectivity index (χ0v) is 11.5. The van der Waals surface area contributed by atoms with Crippen LogP contribution in [0.5, 0.6) is 0 Å². The molecule has 0 spiro atoms. The van der Waals surface area contributed by atoms with E-state index < -0.39 is 0 Å². The Kier molecular flexibility index (Phi) is 7.75. The van der Waals surface area contributed by atoms with E-state index >= 15 is 0 Å². The van der Waals surface area contributed by atoms with Crippen LogP contribution < -0.4 is 5.32 Å². The molecular formula is C10H19N3OS2. The summed E-state index contributed by atoms with van der Waals surface area (Å²) in [5, 5.41) is 13.9. The predicted octanol–water partition coefficient (Wildman–Crippen LogP) is 1.57. The van der Waals surface area contributed by atoms with Crippen molar-refractivity contribution in [2.75, 3.05) is 33.1 Å². The van der Waals surface area contributed by atoms with Crippen LogP contribution in [0.25, 0.3) is 0 Å². The maximum atomic E-state index is 4.95. The molecule has 6 heteroatoms. The summed E-state index contributed by atoms with van der Waals surface area (Å²) >= 11 is 3.52. The minimum atomic E-state index is 0.774. The Morgan fingerprint density at radius 3 is 2.88 bits per heavy atom. The van der Waals surface area contributed by atoms with Gasteiger partial charge in [-0.25, -0.2) is 0 Å². The minimum absolute atomic E-state index is 0.774. The number of nitrogens with zero attached hydrogens (tertiary/aromatic N) is 2. The second kappa shape index (κ2) is 8.92. The van der Waals surface area contributed by atoms with Crippen LogP contribution in [0.3, 0.4) is 0 Å². The van der Waals surface area contributed by atoms with Crippen LogP contribution in [0.1, 0.15) is 16.4 Å². The SMILES string of the molecule is COCCNCCCc1nnc(CSC)s1. The third-order valence-corrected chi connectivity index (χ3v) is 3.73. The van der Waals surface area contributed by atoms with Crippen LogP contribution in [0.4, 0.5) is 0 Å². The first kappa shape index (κ1) is 13.9. The molecule has 0 radical (unpaired) electrons. The fourth-order valence-corrected chi connectivity index (χ4v) is 2.81. The molecule has 0 aliphatic rings. The monoisotopic (exact) mass is 261 g/mol. The van der Waals surface area contributed by atoms with E-state index in [4.69, 9.17) is 4.74 Å². The van der Waals surface area contributed by atoms with Gasteiger partial charge in [0.1, 0.15) is 10.0 Å². The highest BCUT2D eigenvalue weighted by Gasteiger charge is 2.02. The van der Waals surface area contributed by atoms with Crippen LogP contribution in [0.2, 0.25) is 0 Å². The van der Waals surface area contributed by atoms with E-state index in [1.807, 2.05) is 0 Å². The standard InChI is InChI=1S/C10H19N3OS2/c1-14-7-6-11-5-3-4-9-12-13-10(16-9)8-15-2/h11H,3-8H2,1-2H3. The number of aromatic nitrogens is 2. The number of thioether (sulfide) groups is 1. The lowest BCUT2D eigenvalue weighted by atomic mass is 10.3. The van der Waals surface area contributed by atoms with Gasteiger partial charge >= 0.3 is 0 Å². The first-order valence-electron chi connectivity index (χ1n) is 5.36. The lowest BCUT2D eigenvalue weighted by molar-refractivity contribution is 0.199. The number of hydrogen-bond acceptors (Lipinski definition) is 6. The molecule has 1 N–H and O–H groups in total. The average molecular weight is 261 g/mol. The largest absolute Gasteiger partial charge is 0.383 e. The number of hydrogen-bond donors (Lipinski definition) is 1. The van der Waals surface area contributed by atoms with Crippen molar-refractivity contribution >= 4 is 23.1 Å². The fraction of sp³-hybridized carbons (Fsp3) is 0.800. The molecule has 1 rings (SSSR count). The van der Waals surface area contributed by atoms with Gasteiger partial charge in [-0.15, -0.1) is 21.5 Å². The van der Waals surface area contributed by atoms with E-state index in [-0.39, 0.29) is 0 Å². The molecule has 0 saturated carbocycles. The van der Waals surface area contributed by atoms with Gasteiger partial charge in [0.15, 0.2) is 0 Å². The molecule has 0 amide bonds. The smallest absolute Gasteiger partial charge is 0.127 e. The normalized spacial score (nSPS) is 10.9. The van der Waals surface area contributed by atoms with Crippen molar-refractivity contribution in [3.8, 4) is 0 Å². The Labute approximate surface area is 105 Å². The lowest BCUT2D eigenvalue weighted by Crippen LogP contribution is -2.20. The molecule has 0 aliphatic heterocycles. The van der Waals surface area contributed by atoms with E-state index in [0.29, 0.717) is 0 Å². The summed E-state index contributed by atoms with van der Waals surface area (Å²) in [7, 11) is 1.72. The molecule has 0 saturated heterocycles. The van der Waals surface area contributed by atoms with Crippen molar-refractivity contribution in [2.45, 2.75) is 18.6 Å². The second-order valence-electron chi connectivity index (χ2n) is 3.37. The molecule has 1 heterocycles. The fourth-order valence-electron chi connectivity index (χ4n) is 1.24. The van der Waals surface area contributed by atoms with Crippen LogP contribution >= 0.6 is 23.1 Å². The Bertz CT molecular complexity index is 281. The molecule has 0 aromatic carbocycles. The highest BCUT2D eigenvalue weighted by molar-refractivity contribution is 7.97. The molecule has 0 aliphatic carbocycles. The summed E-state index contributed by atoms with van der Waals surface area (Å²) in [5.41, 5.74) is 0. The van der Waals surface area contributed by atoms with E-state index in [1.54, 1.807) is 30.2 Å². The highest BCUT2D eigenvalue weighted by Crippen LogP contribution is 2.15. The highest BCUT2D eigenvalue weighted by atomic mass is 32.2. The van der Waals surface area contributed by atoms with Gasteiger partial charge in [0.25, 0.3) is 0 Å². The summed E-state index contributed by atoms with van der Waals surface area (Å²) < 4.78 is 4.95. The van der Waals surface area contributed by atoms with Crippen molar-refractivity contribution in [1.82, 2.24) is 15.5 Å². The van der Waals surface area contributed by atoms with Crippen molar-refractivity contribution in [3.63, 3.8) is 0 Å². The minimum Gasteiger partial charge on any atom is -0.383 e. The van der Waals surface area contributed by atoms with Crippen molar-refractivity contribution in [1.29, 1.82) is 0 Å². The van der Waals surface area contributed by atoms with Gasteiger partial charge in [0, 0.05) is 25.8 Å². The Morgan fingerprint density at radius 1 is 1.31 bits per heavy atom. The van der Waals surface area contributed by atoms with Gasteiger partial charge in [-0.1, -0.05) is 0 Å². The number of methoxy groups -OCH3 is 1. The van der Waals surface area contributed by atoms with Gasteiger partial charge in [-0.05, 0) is 19.2 Å². The summed E-state index contributed by atoms with van der Waals surface area (Å²) in [4.78, 5) is 0. The quantitative estimate of drug-likeness (QED) is 0.684. The molecule has 0 fully saturated rings. The number of rotatable bonds is 9. The van der Waals surface area contributed by atoms with Crippen molar-refractivity contribution in [3.05, 3.63) is 10.0 Å². The average Bonchev–Trinajstić information content (AvgIpc) is 2.72. The Balaban J connectivity index is 2.07. The molecule has 0 atom stereocenters. The molecule has 16 heavy (non-hydrogen) atoms. The first-order chi connectivity index (χ1) is 7.86. The maximum absolute atomic E-state index is 4.95. The zero-order chi connectivity index (χ0) is 11.6. The van der Waals surface area contributed by atoms with Crippen LogP contribution in [-0.2, 0) is 16.9 Å². The Hall–Kier alpha value is -0.170. The molecule has 1 aromatic rings. The van der Waals surface area contributed by atoms with E-state index in [9.17, 15) is 0 Å². The van der Waals surface area contributed by atoms with Gasteiger partial charge in [0.05, 0.1) is 6.61 Å². The second-order valence-corrected chi connectivity index (χ2v) is 5.38. The predicted molar refractivity (Wildman–Crippen MR) is 70.2 cm³/mol. The third kappa shape index (κ3) is 5.79. The number of nitrogens with one attached hydrogen (secondary N) is 1. The zero-order valence-electron chi connectivity index (χ0n) is 9.86. The van der Waals surface area contributed by atoms with Gasteiger partial charge in [-0.3, -0.25) is 0 Å². The first-order valence-corrected chi connectivity index (χ1v) is 7.57. The molecule has 92 valence electrons. The topological polar surface area (TPSA) is 47.0 Å². The van der Waals surface area contributed by atoms with E-state index in [2.05, 4.69) is 21.8 Å². The third-order valence-electron chi connectivity index (χ3n) is 2.00. The van der Waals surface area contributed by atoms with Gasteiger partial charge < -0.3 is 10.1 Å². The van der Waals surface area contributed by atoms with Crippen LogP contribution in [0.15, 0.2) is 0 Å². The van der Waals surface area contributed by atoms with Crippen molar-refractivity contribution in [2.24, 2.45) is 0 Å². The van der Waals surface area contributed by atoms with E-state index in [0.717, 1.165) is 48.3 Å². The van der Waals surface area contributed by atoms with Crippen LogP contribution in [-0.4, -0.2) is 43.3 Å². The van der Waals surface area contributed by atoms with Gasteiger partial charge in [-0.2, -0.15) is 11.8 Å². The number of aryl methyl sites for hydroxylation is 1. The van der Waals surface area contributed by atoms with Crippen LogP contribution in [0, 0.1) is 0 Å². The Morgan fingerprint density at radius 2 is 2.12 bits per heavy atom. The number of ether oxygens (including phenoxy) is 1. The van der Waals surface area contributed by atoms with E-state index in [1.165, 1.54) is 0 Å². The molecule has 0 bridgehead atoms. The lowest BCUT2D eigenvalue weighted by Gasteiger charge is -2.01.